The second kappa shape index (κ2) is 9.43. The summed E-state index contributed by atoms with van der Waals surface area (Å²) in [6.45, 7) is 7.56. The van der Waals surface area contributed by atoms with Crippen LogP contribution in [-0.4, -0.2) is 29.1 Å². The van der Waals surface area contributed by atoms with Crippen molar-refractivity contribution in [2.75, 3.05) is 0 Å². The number of carboxylic acid groups (broad SMARTS) is 1. The van der Waals surface area contributed by atoms with Crippen LogP contribution < -0.4 is 10.1 Å². The Balaban J connectivity index is 0.000000433. The van der Waals surface area contributed by atoms with Crippen LogP contribution in [0.25, 0.3) is 0 Å². The molecule has 0 atom stereocenters. The molecule has 114 valence electrons. The van der Waals surface area contributed by atoms with E-state index in [0.717, 1.165) is 0 Å². The number of amides is 1. The number of aromatic carboxylic acids is 1. The maximum Gasteiger partial charge on any atom is 0.335 e. The van der Waals surface area contributed by atoms with Crippen molar-refractivity contribution in [3.63, 3.8) is 0 Å². The average molecular weight is 291 g/mol. The molecule has 21 heavy (non-hydrogen) atoms. The molecule has 1 aromatic carbocycles. The fraction of sp³-hybridized carbons (Fsp3) is 0.375. The molecule has 0 heterocycles. The molecule has 0 saturated heterocycles. The highest BCUT2D eigenvalue weighted by Crippen LogP contribution is 2.13. The van der Waals surface area contributed by atoms with E-state index in [1.165, 1.54) is 12.1 Å². The lowest BCUT2D eigenvalue weighted by molar-refractivity contribution is -0.116. The lowest BCUT2D eigenvalue weighted by Crippen LogP contribution is -2.28. The van der Waals surface area contributed by atoms with E-state index in [1.807, 2.05) is 33.6 Å². The van der Waals surface area contributed by atoms with Crippen molar-refractivity contribution in [2.45, 2.75) is 39.8 Å². The van der Waals surface area contributed by atoms with Crippen molar-refractivity contribution in [2.24, 2.45) is 0 Å². The zero-order chi connectivity index (χ0) is 16.4. The molecule has 1 rings (SSSR count). The third-order valence-corrected chi connectivity index (χ3v) is 2.02. The first-order valence-electron chi connectivity index (χ1n) is 6.53. The number of rotatable bonds is 4. The van der Waals surface area contributed by atoms with Crippen molar-refractivity contribution in [1.82, 2.24) is 5.32 Å². The largest absolute Gasteiger partial charge is 0.491 e. The molecular formula is C16H21NO4. The predicted octanol–water partition coefficient (Wildman–Crippen LogP) is 2.32. The number of carbonyl (C=O) groups is 2. The minimum absolute atomic E-state index is 0.107. The highest BCUT2D eigenvalue weighted by Gasteiger charge is 2.02. The smallest absolute Gasteiger partial charge is 0.335 e. The molecule has 0 aromatic heterocycles. The normalized spacial score (nSPS) is 9.38. The van der Waals surface area contributed by atoms with E-state index in [2.05, 4.69) is 5.32 Å². The van der Waals surface area contributed by atoms with E-state index in [4.69, 9.17) is 16.3 Å². The number of carboxylic acids is 1. The Kier molecular flexibility index (Phi) is 8.31. The molecule has 5 nitrogen and oxygen atoms in total. The van der Waals surface area contributed by atoms with Gasteiger partial charge in [-0.25, -0.2) is 4.79 Å². The van der Waals surface area contributed by atoms with E-state index in [9.17, 15) is 9.59 Å². The van der Waals surface area contributed by atoms with Gasteiger partial charge in [0.1, 0.15) is 5.75 Å². The van der Waals surface area contributed by atoms with Crippen LogP contribution in [-0.2, 0) is 4.79 Å². The standard InChI is InChI=1S/C10H12O3.C6H9NO/c1-7(2)13-9-5-3-8(4-6-9)10(11)12;1-4-6(8)7-5(2)3/h3-7H,1-2H3,(H,11,12);1,5H,2-3H3,(H,7,8). The maximum absolute atomic E-state index is 10.5. The first-order valence-corrected chi connectivity index (χ1v) is 6.53. The molecule has 0 aliphatic heterocycles. The summed E-state index contributed by atoms with van der Waals surface area (Å²) in [5.74, 6) is 1.37. The lowest BCUT2D eigenvalue weighted by atomic mass is 10.2. The van der Waals surface area contributed by atoms with Gasteiger partial charge in [-0.3, -0.25) is 4.79 Å². The molecule has 0 spiro atoms. The SMILES string of the molecule is C#CC(=O)NC(C)C.CC(C)Oc1ccc(C(=O)O)cc1. The summed E-state index contributed by atoms with van der Waals surface area (Å²) in [4.78, 5) is 20.8. The summed E-state index contributed by atoms with van der Waals surface area (Å²) in [6.07, 6.45) is 4.87. The molecular weight excluding hydrogens is 270 g/mol. The first-order chi connectivity index (χ1) is 9.76. The number of hydrogen-bond donors (Lipinski definition) is 2. The number of terminal acetylenes is 1. The van der Waals surface area contributed by atoms with Gasteiger partial charge in [0.15, 0.2) is 0 Å². The van der Waals surface area contributed by atoms with Gasteiger partial charge in [-0.1, -0.05) is 0 Å². The lowest BCUT2D eigenvalue weighted by Gasteiger charge is -2.08. The zero-order valence-electron chi connectivity index (χ0n) is 12.7. The molecule has 5 heteroatoms. The van der Waals surface area contributed by atoms with Crippen LogP contribution in [0.5, 0.6) is 5.75 Å². The van der Waals surface area contributed by atoms with E-state index < -0.39 is 5.97 Å². The molecule has 0 aliphatic rings. The highest BCUT2D eigenvalue weighted by atomic mass is 16.5. The summed E-state index contributed by atoms with van der Waals surface area (Å²) in [5.41, 5.74) is 0.274. The fourth-order valence-electron chi connectivity index (χ4n) is 1.25. The van der Waals surface area contributed by atoms with Crippen molar-refractivity contribution < 1.29 is 19.4 Å². The quantitative estimate of drug-likeness (QED) is 0.835. The van der Waals surface area contributed by atoms with Crippen molar-refractivity contribution in [3.8, 4) is 18.1 Å². The molecule has 0 bridgehead atoms. The average Bonchev–Trinajstić information content (AvgIpc) is 2.38. The van der Waals surface area contributed by atoms with Gasteiger partial charge in [0.2, 0.25) is 0 Å². The van der Waals surface area contributed by atoms with Crippen LogP contribution >= 0.6 is 0 Å². The van der Waals surface area contributed by atoms with Crippen LogP contribution in [0.2, 0.25) is 0 Å². The van der Waals surface area contributed by atoms with Gasteiger partial charge in [-0.15, -0.1) is 6.42 Å². The third kappa shape index (κ3) is 9.11. The van der Waals surface area contributed by atoms with Crippen LogP contribution in [0.3, 0.4) is 0 Å². The highest BCUT2D eigenvalue weighted by molar-refractivity contribution is 5.92. The van der Waals surface area contributed by atoms with Crippen molar-refractivity contribution >= 4 is 11.9 Å². The number of hydrogen-bond acceptors (Lipinski definition) is 3. The zero-order valence-corrected chi connectivity index (χ0v) is 12.7. The summed E-state index contributed by atoms with van der Waals surface area (Å²) in [6, 6.07) is 6.51. The Hall–Kier alpha value is -2.48. The van der Waals surface area contributed by atoms with Crippen LogP contribution in [0, 0.1) is 12.3 Å². The molecule has 2 N–H and O–H groups in total. The molecule has 0 aliphatic carbocycles. The molecule has 0 radical (unpaired) electrons. The van der Waals surface area contributed by atoms with Gasteiger partial charge >= 0.3 is 5.97 Å². The van der Waals surface area contributed by atoms with E-state index in [-0.39, 0.29) is 23.6 Å². The van der Waals surface area contributed by atoms with Crippen LogP contribution in [0.4, 0.5) is 0 Å². The number of carbonyl (C=O) groups excluding carboxylic acids is 1. The van der Waals surface area contributed by atoms with Crippen LogP contribution in [0.1, 0.15) is 38.1 Å². The Morgan fingerprint density at radius 3 is 2.00 bits per heavy atom. The van der Waals surface area contributed by atoms with Gasteiger partial charge in [-0.2, -0.15) is 0 Å². The molecule has 0 unspecified atom stereocenters. The molecule has 0 fully saturated rings. The number of ether oxygens (including phenoxy) is 1. The van der Waals surface area contributed by atoms with E-state index in [1.54, 1.807) is 12.1 Å². The van der Waals surface area contributed by atoms with E-state index >= 15 is 0 Å². The summed E-state index contributed by atoms with van der Waals surface area (Å²) < 4.78 is 5.36. The van der Waals surface area contributed by atoms with Gasteiger partial charge in [0.05, 0.1) is 11.7 Å². The van der Waals surface area contributed by atoms with Crippen LogP contribution in [0.15, 0.2) is 24.3 Å². The number of nitrogens with one attached hydrogen (secondary N) is 1. The minimum atomic E-state index is -0.920. The topological polar surface area (TPSA) is 75.6 Å². The van der Waals surface area contributed by atoms with E-state index in [0.29, 0.717) is 5.75 Å². The summed E-state index contributed by atoms with van der Waals surface area (Å²) >= 11 is 0. The Morgan fingerprint density at radius 1 is 1.19 bits per heavy atom. The number of benzene rings is 1. The van der Waals surface area contributed by atoms with Crippen molar-refractivity contribution in [1.29, 1.82) is 0 Å². The summed E-state index contributed by atoms with van der Waals surface area (Å²) in [5, 5.41) is 11.1. The molecule has 1 amide bonds. The predicted molar refractivity (Wildman–Crippen MR) is 81.3 cm³/mol. The van der Waals surface area contributed by atoms with Gasteiger partial charge in [0, 0.05) is 6.04 Å². The Labute approximate surface area is 125 Å². The maximum atomic E-state index is 10.5. The Morgan fingerprint density at radius 2 is 1.71 bits per heavy atom. The molecule has 1 aromatic rings. The van der Waals surface area contributed by atoms with Gasteiger partial charge in [0.25, 0.3) is 5.91 Å². The third-order valence-electron chi connectivity index (χ3n) is 2.02. The second-order valence-corrected chi connectivity index (χ2v) is 4.77. The van der Waals surface area contributed by atoms with Crippen molar-refractivity contribution in [3.05, 3.63) is 29.8 Å². The Bertz CT molecular complexity index is 498. The second-order valence-electron chi connectivity index (χ2n) is 4.77. The fourth-order valence-corrected chi connectivity index (χ4v) is 1.25. The van der Waals surface area contributed by atoms with Gasteiger partial charge < -0.3 is 15.2 Å². The monoisotopic (exact) mass is 291 g/mol. The summed E-state index contributed by atoms with van der Waals surface area (Å²) in [7, 11) is 0. The first kappa shape index (κ1) is 18.5. The van der Waals surface area contributed by atoms with Gasteiger partial charge in [-0.05, 0) is 57.9 Å². The molecule has 0 saturated carbocycles. The minimum Gasteiger partial charge on any atom is -0.491 e.